The first kappa shape index (κ1) is 12.4. The number of hydrogen-bond acceptors (Lipinski definition) is 1. The maximum Gasteiger partial charge on any atom is 0.251 e. The van der Waals surface area contributed by atoms with Crippen molar-refractivity contribution in [2.75, 3.05) is 0 Å². The summed E-state index contributed by atoms with van der Waals surface area (Å²) in [6.07, 6.45) is 4.62. The van der Waals surface area contributed by atoms with Gasteiger partial charge in [0.15, 0.2) is 0 Å². The largest absolute Gasteiger partial charge is 0.349 e. The highest BCUT2D eigenvalue weighted by Crippen LogP contribution is 2.23. The van der Waals surface area contributed by atoms with Gasteiger partial charge in [-0.25, -0.2) is 0 Å². The Morgan fingerprint density at radius 3 is 2.35 bits per heavy atom. The van der Waals surface area contributed by atoms with Crippen molar-refractivity contribution in [2.45, 2.75) is 38.6 Å². The zero-order valence-corrected chi connectivity index (χ0v) is 10.8. The maximum atomic E-state index is 12.0. The van der Waals surface area contributed by atoms with E-state index in [4.69, 9.17) is 11.6 Å². The highest BCUT2D eigenvalue weighted by Gasteiger charge is 2.20. The molecular formula is C14H18ClNO. The number of carbonyl (C=O) groups is 1. The van der Waals surface area contributed by atoms with Crippen molar-refractivity contribution in [3.8, 4) is 0 Å². The molecule has 0 unspecified atom stereocenters. The van der Waals surface area contributed by atoms with Crippen molar-refractivity contribution < 1.29 is 4.79 Å². The van der Waals surface area contributed by atoms with Crippen molar-refractivity contribution in [3.05, 3.63) is 34.9 Å². The summed E-state index contributed by atoms with van der Waals surface area (Å²) in [5, 5.41) is 3.75. The van der Waals surface area contributed by atoms with Crippen LogP contribution in [0.4, 0.5) is 0 Å². The van der Waals surface area contributed by atoms with Gasteiger partial charge in [-0.3, -0.25) is 4.79 Å². The lowest BCUT2D eigenvalue weighted by Gasteiger charge is -2.26. The molecule has 0 saturated heterocycles. The fraction of sp³-hybridized carbons (Fsp3) is 0.500. The predicted octanol–water partition coefficient (Wildman–Crippen LogP) is 3.65. The monoisotopic (exact) mass is 251 g/mol. The fourth-order valence-electron chi connectivity index (χ4n) is 2.27. The minimum absolute atomic E-state index is 0.0150. The molecule has 2 rings (SSSR count). The Morgan fingerprint density at radius 2 is 1.76 bits per heavy atom. The molecule has 0 radical (unpaired) electrons. The van der Waals surface area contributed by atoms with Crippen LogP contribution in [-0.4, -0.2) is 11.9 Å². The summed E-state index contributed by atoms with van der Waals surface area (Å²) in [5.41, 5.74) is 0.688. The van der Waals surface area contributed by atoms with E-state index in [0.29, 0.717) is 16.6 Å². The van der Waals surface area contributed by atoms with Crippen LogP contribution in [0.25, 0.3) is 0 Å². The Kier molecular flexibility index (Phi) is 4.06. The second-order valence-electron chi connectivity index (χ2n) is 4.94. The molecule has 0 aromatic heterocycles. The first-order valence-corrected chi connectivity index (χ1v) is 6.59. The van der Waals surface area contributed by atoms with Crippen LogP contribution in [0.1, 0.15) is 43.0 Å². The Labute approximate surface area is 107 Å². The average Bonchev–Trinajstić information content (AvgIpc) is 2.33. The molecule has 1 aliphatic carbocycles. The molecular weight excluding hydrogens is 234 g/mol. The summed E-state index contributed by atoms with van der Waals surface area (Å²) < 4.78 is 0. The second-order valence-corrected chi connectivity index (χ2v) is 5.37. The van der Waals surface area contributed by atoms with Gasteiger partial charge >= 0.3 is 0 Å². The van der Waals surface area contributed by atoms with Crippen LogP contribution in [0.3, 0.4) is 0 Å². The maximum absolute atomic E-state index is 12.0. The van der Waals surface area contributed by atoms with Crippen molar-refractivity contribution >= 4 is 17.5 Å². The van der Waals surface area contributed by atoms with Crippen LogP contribution >= 0.6 is 11.6 Å². The van der Waals surface area contributed by atoms with Gasteiger partial charge in [-0.05, 0) is 55.9 Å². The first-order valence-electron chi connectivity index (χ1n) is 6.21. The van der Waals surface area contributed by atoms with E-state index < -0.39 is 0 Å². The van der Waals surface area contributed by atoms with Gasteiger partial charge in [0, 0.05) is 16.6 Å². The van der Waals surface area contributed by atoms with Gasteiger partial charge in [0.2, 0.25) is 0 Å². The number of halogens is 1. The van der Waals surface area contributed by atoms with E-state index in [1.54, 1.807) is 24.3 Å². The fourth-order valence-corrected chi connectivity index (χ4v) is 2.40. The average molecular weight is 252 g/mol. The molecule has 1 amide bonds. The molecule has 0 heterocycles. The highest BCUT2D eigenvalue weighted by atomic mass is 35.5. The van der Waals surface area contributed by atoms with E-state index in [0.717, 1.165) is 18.8 Å². The topological polar surface area (TPSA) is 29.1 Å². The minimum Gasteiger partial charge on any atom is -0.349 e. The van der Waals surface area contributed by atoms with Crippen LogP contribution in [0.5, 0.6) is 0 Å². The molecule has 1 N–H and O–H groups in total. The van der Waals surface area contributed by atoms with Crippen LogP contribution in [0.2, 0.25) is 5.02 Å². The standard InChI is InChI=1S/C14H18ClNO/c1-10-2-8-13(9-3-10)16-14(17)11-4-6-12(15)7-5-11/h4-7,10,13H,2-3,8-9H2,1H3,(H,16,17). The van der Waals surface area contributed by atoms with E-state index in [9.17, 15) is 4.79 Å². The zero-order chi connectivity index (χ0) is 12.3. The summed E-state index contributed by atoms with van der Waals surface area (Å²) in [6.45, 7) is 2.28. The molecule has 0 spiro atoms. The SMILES string of the molecule is CC1CCC(NC(=O)c2ccc(Cl)cc2)CC1. The van der Waals surface area contributed by atoms with Crippen molar-refractivity contribution in [1.29, 1.82) is 0 Å². The van der Waals surface area contributed by atoms with Crippen LogP contribution < -0.4 is 5.32 Å². The third-order valence-corrected chi connectivity index (χ3v) is 3.71. The molecule has 1 aliphatic rings. The lowest BCUT2D eigenvalue weighted by molar-refractivity contribution is 0.0923. The van der Waals surface area contributed by atoms with E-state index in [-0.39, 0.29) is 5.91 Å². The van der Waals surface area contributed by atoms with Crippen molar-refractivity contribution in [2.24, 2.45) is 5.92 Å². The quantitative estimate of drug-likeness (QED) is 0.854. The van der Waals surface area contributed by atoms with Crippen LogP contribution in [0.15, 0.2) is 24.3 Å². The first-order chi connectivity index (χ1) is 8.15. The number of amides is 1. The number of carbonyl (C=O) groups excluding carboxylic acids is 1. The van der Waals surface area contributed by atoms with Crippen molar-refractivity contribution in [1.82, 2.24) is 5.32 Å². The van der Waals surface area contributed by atoms with Gasteiger partial charge in [0.1, 0.15) is 0 Å². The van der Waals surface area contributed by atoms with E-state index in [1.807, 2.05) is 0 Å². The molecule has 3 heteroatoms. The third-order valence-electron chi connectivity index (χ3n) is 3.46. The smallest absolute Gasteiger partial charge is 0.251 e. The van der Waals surface area contributed by atoms with E-state index in [2.05, 4.69) is 12.2 Å². The van der Waals surface area contributed by atoms with Gasteiger partial charge in [0.05, 0.1) is 0 Å². The number of nitrogens with one attached hydrogen (secondary N) is 1. The normalized spacial score (nSPS) is 24.4. The summed E-state index contributed by atoms with van der Waals surface area (Å²) in [7, 11) is 0. The number of rotatable bonds is 2. The molecule has 92 valence electrons. The summed E-state index contributed by atoms with van der Waals surface area (Å²) in [5.74, 6) is 0.819. The second kappa shape index (κ2) is 5.54. The lowest BCUT2D eigenvalue weighted by atomic mass is 9.87. The van der Waals surface area contributed by atoms with Crippen molar-refractivity contribution in [3.63, 3.8) is 0 Å². The molecule has 1 aromatic rings. The predicted molar refractivity (Wildman–Crippen MR) is 70.3 cm³/mol. The van der Waals surface area contributed by atoms with E-state index in [1.165, 1.54) is 12.8 Å². The van der Waals surface area contributed by atoms with Crippen LogP contribution in [0, 0.1) is 5.92 Å². The molecule has 17 heavy (non-hydrogen) atoms. The molecule has 1 fully saturated rings. The Bertz CT molecular complexity index is 380. The number of hydrogen-bond donors (Lipinski definition) is 1. The van der Waals surface area contributed by atoms with Gasteiger partial charge in [-0.1, -0.05) is 18.5 Å². The summed E-state index contributed by atoms with van der Waals surface area (Å²) in [4.78, 5) is 12.0. The zero-order valence-electron chi connectivity index (χ0n) is 10.1. The Hall–Kier alpha value is -1.02. The summed E-state index contributed by atoms with van der Waals surface area (Å²) >= 11 is 5.79. The molecule has 1 aromatic carbocycles. The number of benzene rings is 1. The lowest BCUT2D eigenvalue weighted by Crippen LogP contribution is -2.37. The van der Waals surface area contributed by atoms with Crippen LogP contribution in [-0.2, 0) is 0 Å². The van der Waals surface area contributed by atoms with E-state index >= 15 is 0 Å². The molecule has 1 saturated carbocycles. The summed E-state index contributed by atoms with van der Waals surface area (Å²) in [6, 6.07) is 7.37. The molecule has 0 atom stereocenters. The van der Waals surface area contributed by atoms with Gasteiger partial charge in [0.25, 0.3) is 5.91 Å². The Balaban J connectivity index is 1.91. The Morgan fingerprint density at radius 1 is 1.18 bits per heavy atom. The van der Waals surface area contributed by atoms with Gasteiger partial charge < -0.3 is 5.32 Å². The van der Waals surface area contributed by atoms with Gasteiger partial charge in [-0.15, -0.1) is 0 Å². The van der Waals surface area contributed by atoms with Gasteiger partial charge in [-0.2, -0.15) is 0 Å². The molecule has 0 aliphatic heterocycles. The highest BCUT2D eigenvalue weighted by molar-refractivity contribution is 6.30. The molecule has 0 bridgehead atoms. The minimum atomic E-state index is 0.0150. The molecule has 2 nitrogen and oxygen atoms in total. The third kappa shape index (κ3) is 3.47.